The summed E-state index contributed by atoms with van der Waals surface area (Å²) in [5.74, 6) is 0.979. The van der Waals surface area contributed by atoms with E-state index in [0.717, 1.165) is 65.5 Å². The number of anilines is 1. The summed E-state index contributed by atoms with van der Waals surface area (Å²) in [4.78, 5) is 6.93. The van der Waals surface area contributed by atoms with Gasteiger partial charge in [-0.3, -0.25) is 0 Å². The molecule has 1 fully saturated rings. The first kappa shape index (κ1) is 16.0. The van der Waals surface area contributed by atoms with Gasteiger partial charge in [0.1, 0.15) is 11.5 Å². The topological polar surface area (TPSA) is 58.0 Å². The highest BCUT2D eigenvalue weighted by Crippen LogP contribution is 2.43. The van der Waals surface area contributed by atoms with Crippen LogP contribution in [0.25, 0.3) is 22.3 Å². The second-order valence-electron chi connectivity index (χ2n) is 6.73. The molecule has 0 amide bonds. The van der Waals surface area contributed by atoms with Crippen molar-refractivity contribution in [3.05, 3.63) is 71.9 Å². The molecule has 2 aliphatic rings. The molecule has 5 nitrogen and oxygen atoms in total. The highest BCUT2D eigenvalue weighted by atomic mass is 16.5. The molecule has 0 saturated carbocycles. The van der Waals surface area contributed by atoms with Gasteiger partial charge in [-0.1, -0.05) is 47.6 Å². The Morgan fingerprint density at radius 2 is 1.59 bits per heavy atom. The number of pyridine rings is 1. The number of hydrogen-bond donors (Lipinski definition) is 1. The summed E-state index contributed by atoms with van der Waals surface area (Å²) in [5.41, 5.74) is 6.88. The second kappa shape index (κ2) is 6.52. The molecule has 134 valence electrons. The Hall–Kier alpha value is -3.18. The van der Waals surface area contributed by atoms with Crippen molar-refractivity contribution in [3.63, 3.8) is 0 Å². The quantitative estimate of drug-likeness (QED) is 0.438. The molecule has 2 heterocycles. The van der Waals surface area contributed by atoms with Gasteiger partial charge in [-0.05, 0) is 28.8 Å². The number of fused-ring (bicyclic) bond motifs is 3. The first-order valence-corrected chi connectivity index (χ1v) is 9.11. The monoisotopic (exact) mass is 357 g/mol. The molecule has 1 N–H and O–H groups in total. The number of oxime groups is 1. The van der Waals surface area contributed by atoms with Crippen LogP contribution in [0.2, 0.25) is 0 Å². The van der Waals surface area contributed by atoms with Crippen LogP contribution >= 0.6 is 0 Å². The number of nitrogens with zero attached hydrogens (tertiary/aromatic N) is 3. The van der Waals surface area contributed by atoms with Gasteiger partial charge in [0, 0.05) is 36.0 Å². The summed E-state index contributed by atoms with van der Waals surface area (Å²) in [7, 11) is 0. The molecule has 1 aliphatic carbocycles. The van der Waals surface area contributed by atoms with Crippen molar-refractivity contribution >= 4 is 11.5 Å². The van der Waals surface area contributed by atoms with Gasteiger partial charge in [-0.15, -0.1) is 0 Å². The molecule has 5 heteroatoms. The van der Waals surface area contributed by atoms with Crippen molar-refractivity contribution < 1.29 is 9.94 Å². The largest absolute Gasteiger partial charge is 0.410 e. The van der Waals surface area contributed by atoms with Crippen molar-refractivity contribution in [1.29, 1.82) is 0 Å². The van der Waals surface area contributed by atoms with Gasteiger partial charge in [0.2, 0.25) is 0 Å². The van der Waals surface area contributed by atoms with Gasteiger partial charge < -0.3 is 14.8 Å². The highest BCUT2D eigenvalue weighted by molar-refractivity contribution is 6.26. The molecule has 0 bridgehead atoms. The van der Waals surface area contributed by atoms with E-state index >= 15 is 0 Å². The molecular weight excluding hydrogens is 338 g/mol. The zero-order chi connectivity index (χ0) is 18.2. The summed E-state index contributed by atoms with van der Waals surface area (Å²) in [6.45, 7) is 3.24. The second-order valence-corrected chi connectivity index (χ2v) is 6.73. The lowest BCUT2D eigenvalue weighted by atomic mass is 9.95. The minimum Gasteiger partial charge on any atom is -0.410 e. The van der Waals surface area contributed by atoms with Gasteiger partial charge in [-0.2, -0.15) is 0 Å². The maximum atomic E-state index is 9.56. The summed E-state index contributed by atoms with van der Waals surface area (Å²) >= 11 is 0. The van der Waals surface area contributed by atoms with Crippen LogP contribution in [0.5, 0.6) is 0 Å². The average molecular weight is 357 g/mol. The fourth-order valence-corrected chi connectivity index (χ4v) is 3.97. The summed E-state index contributed by atoms with van der Waals surface area (Å²) in [5, 5.41) is 13.1. The van der Waals surface area contributed by atoms with Crippen LogP contribution < -0.4 is 4.90 Å². The number of morpholine rings is 1. The third-order valence-corrected chi connectivity index (χ3v) is 5.27. The van der Waals surface area contributed by atoms with E-state index in [4.69, 9.17) is 9.72 Å². The predicted molar refractivity (Wildman–Crippen MR) is 106 cm³/mol. The van der Waals surface area contributed by atoms with Crippen LogP contribution in [0.1, 0.15) is 11.1 Å². The van der Waals surface area contributed by atoms with Crippen LogP contribution in [0.4, 0.5) is 5.82 Å². The number of benzene rings is 2. The van der Waals surface area contributed by atoms with Crippen LogP contribution in [0.3, 0.4) is 0 Å². The highest BCUT2D eigenvalue weighted by Gasteiger charge is 2.27. The molecule has 0 spiro atoms. The maximum absolute atomic E-state index is 9.56. The maximum Gasteiger partial charge on any atom is 0.128 e. The summed E-state index contributed by atoms with van der Waals surface area (Å²) < 4.78 is 5.42. The average Bonchev–Trinajstić information content (AvgIpc) is 3.08. The fourth-order valence-electron chi connectivity index (χ4n) is 3.97. The van der Waals surface area contributed by atoms with Gasteiger partial charge in [-0.25, -0.2) is 4.98 Å². The van der Waals surface area contributed by atoms with Crippen LogP contribution in [-0.2, 0) is 4.74 Å². The Labute approximate surface area is 157 Å². The Bertz CT molecular complexity index is 1020. The number of hydrogen-bond acceptors (Lipinski definition) is 5. The zero-order valence-corrected chi connectivity index (χ0v) is 14.8. The normalized spacial score (nSPS) is 17.0. The smallest absolute Gasteiger partial charge is 0.128 e. The van der Waals surface area contributed by atoms with E-state index in [0.29, 0.717) is 5.71 Å². The van der Waals surface area contributed by atoms with Gasteiger partial charge in [0.05, 0.1) is 13.2 Å². The standard InChI is InChI=1S/C22H19N3O2/c26-24-22-18-5-2-1-4-17(18)21-16(6-3-7-19(21)22)15-8-9-20(23-14-15)25-10-12-27-13-11-25/h1-9,14,26H,10-13H2/b24-22+. The molecule has 3 aromatic rings. The Morgan fingerprint density at radius 1 is 0.852 bits per heavy atom. The van der Waals surface area contributed by atoms with E-state index in [1.807, 2.05) is 36.5 Å². The molecule has 2 aromatic carbocycles. The molecule has 27 heavy (non-hydrogen) atoms. The van der Waals surface area contributed by atoms with Crippen LogP contribution in [0, 0.1) is 0 Å². The third kappa shape index (κ3) is 2.59. The number of ether oxygens (including phenoxy) is 1. The third-order valence-electron chi connectivity index (χ3n) is 5.27. The number of rotatable bonds is 2. The SMILES string of the molecule is O/N=C1\c2ccccc2-c2c1cccc2-c1ccc(N2CCOCC2)nc1. The van der Waals surface area contributed by atoms with Crippen LogP contribution in [-0.4, -0.2) is 42.2 Å². The summed E-state index contributed by atoms with van der Waals surface area (Å²) in [6, 6.07) is 18.3. The van der Waals surface area contributed by atoms with Gasteiger partial charge in [0.25, 0.3) is 0 Å². The summed E-state index contributed by atoms with van der Waals surface area (Å²) in [6.07, 6.45) is 1.93. The Kier molecular flexibility index (Phi) is 3.87. The van der Waals surface area contributed by atoms with Crippen molar-refractivity contribution in [2.24, 2.45) is 5.16 Å². The van der Waals surface area contributed by atoms with Crippen LogP contribution in [0.15, 0.2) is 65.9 Å². The lowest BCUT2D eigenvalue weighted by Gasteiger charge is -2.27. The first-order chi connectivity index (χ1) is 13.4. The minimum atomic E-state index is 0.625. The Balaban J connectivity index is 1.59. The van der Waals surface area contributed by atoms with E-state index in [1.54, 1.807) is 0 Å². The zero-order valence-electron chi connectivity index (χ0n) is 14.8. The van der Waals surface area contributed by atoms with Crippen molar-refractivity contribution in [1.82, 2.24) is 4.98 Å². The van der Waals surface area contributed by atoms with E-state index in [-0.39, 0.29) is 0 Å². The van der Waals surface area contributed by atoms with Crippen molar-refractivity contribution in [2.75, 3.05) is 31.2 Å². The lowest BCUT2D eigenvalue weighted by molar-refractivity contribution is 0.122. The molecule has 1 aliphatic heterocycles. The van der Waals surface area contributed by atoms with Gasteiger partial charge in [0.15, 0.2) is 0 Å². The molecule has 0 atom stereocenters. The van der Waals surface area contributed by atoms with Crippen molar-refractivity contribution in [2.45, 2.75) is 0 Å². The van der Waals surface area contributed by atoms with E-state index in [2.05, 4.69) is 34.3 Å². The molecule has 1 aromatic heterocycles. The fraction of sp³-hybridized carbons (Fsp3) is 0.182. The molecule has 0 unspecified atom stereocenters. The minimum absolute atomic E-state index is 0.625. The molecule has 1 saturated heterocycles. The molecule has 0 radical (unpaired) electrons. The van der Waals surface area contributed by atoms with E-state index < -0.39 is 0 Å². The number of aromatic nitrogens is 1. The molecular formula is C22H19N3O2. The van der Waals surface area contributed by atoms with Crippen molar-refractivity contribution in [3.8, 4) is 22.3 Å². The first-order valence-electron chi connectivity index (χ1n) is 9.11. The Morgan fingerprint density at radius 3 is 2.33 bits per heavy atom. The predicted octanol–water partition coefficient (Wildman–Crippen LogP) is 3.79. The van der Waals surface area contributed by atoms with E-state index in [9.17, 15) is 5.21 Å². The molecule has 5 rings (SSSR count). The van der Waals surface area contributed by atoms with E-state index in [1.165, 1.54) is 0 Å². The lowest BCUT2D eigenvalue weighted by Crippen LogP contribution is -2.36. The van der Waals surface area contributed by atoms with Gasteiger partial charge >= 0.3 is 0 Å².